The molecule has 1 aromatic rings. The SMILES string of the molecule is CC#CCNNC(=O)OCc1cc(C)cc(C)c1. The summed E-state index contributed by atoms with van der Waals surface area (Å²) < 4.78 is 5.06. The van der Waals surface area contributed by atoms with Gasteiger partial charge in [0, 0.05) is 0 Å². The van der Waals surface area contributed by atoms with E-state index < -0.39 is 6.09 Å². The Hall–Kier alpha value is -1.99. The normalized spacial score (nSPS) is 9.28. The van der Waals surface area contributed by atoms with Gasteiger partial charge >= 0.3 is 6.09 Å². The predicted molar refractivity (Wildman–Crippen MR) is 70.7 cm³/mol. The van der Waals surface area contributed by atoms with E-state index in [4.69, 9.17) is 4.74 Å². The fourth-order valence-corrected chi connectivity index (χ4v) is 1.59. The van der Waals surface area contributed by atoms with Crippen molar-refractivity contribution in [1.82, 2.24) is 10.9 Å². The fraction of sp³-hybridized carbons (Fsp3) is 0.357. The number of carbonyl (C=O) groups is 1. The minimum Gasteiger partial charge on any atom is -0.444 e. The summed E-state index contributed by atoms with van der Waals surface area (Å²) in [4.78, 5) is 11.3. The van der Waals surface area contributed by atoms with Crippen LogP contribution in [0.25, 0.3) is 0 Å². The van der Waals surface area contributed by atoms with E-state index in [0.29, 0.717) is 6.54 Å². The number of carbonyl (C=O) groups excluding carboxylic acids is 1. The van der Waals surface area contributed by atoms with E-state index in [1.54, 1.807) is 6.92 Å². The molecule has 96 valence electrons. The largest absolute Gasteiger partial charge is 0.444 e. The van der Waals surface area contributed by atoms with E-state index in [1.807, 2.05) is 26.0 Å². The number of hydrogen-bond donors (Lipinski definition) is 2. The molecule has 0 aliphatic heterocycles. The third-order valence-electron chi connectivity index (χ3n) is 2.20. The first-order valence-corrected chi connectivity index (χ1v) is 5.74. The molecule has 0 radical (unpaired) electrons. The molecular formula is C14H18N2O2. The van der Waals surface area contributed by atoms with Crippen LogP contribution in [0.15, 0.2) is 18.2 Å². The van der Waals surface area contributed by atoms with Crippen LogP contribution in [0.2, 0.25) is 0 Å². The molecule has 0 saturated carbocycles. The Labute approximate surface area is 108 Å². The number of hydrogen-bond acceptors (Lipinski definition) is 3. The van der Waals surface area contributed by atoms with Crippen molar-refractivity contribution in [2.24, 2.45) is 0 Å². The van der Waals surface area contributed by atoms with Gasteiger partial charge in [-0.2, -0.15) is 0 Å². The average molecular weight is 246 g/mol. The quantitative estimate of drug-likeness (QED) is 0.485. The van der Waals surface area contributed by atoms with Crippen molar-refractivity contribution in [2.45, 2.75) is 27.4 Å². The van der Waals surface area contributed by atoms with E-state index in [9.17, 15) is 4.79 Å². The maximum absolute atomic E-state index is 11.3. The minimum atomic E-state index is -0.507. The van der Waals surface area contributed by atoms with Gasteiger partial charge in [0.1, 0.15) is 6.61 Å². The lowest BCUT2D eigenvalue weighted by atomic mass is 10.1. The van der Waals surface area contributed by atoms with Gasteiger partial charge in [0.15, 0.2) is 0 Å². The molecular weight excluding hydrogens is 228 g/mol. The van der Waals surface area contributed by atoms with Crippen LogP contribution in [0.3, 0.4) is 0 Å². The summed E-state index contributed by atoms with van der Waals surface area (Å²) in [6.07, 6.45) is -0.507. The van der Waals surface area contributed by atoms with Crippen molar-refractivity contribution in [3.63, 3.8) is 0 Å². The standard InChI is InChI=1S/C14H18N2O2/c1-4-5-6-15-16-14(17)18-10-13-8-11(2)7-12(3)9-13/h7-9,15H,6,10H2,1-3H3,(H,16,17). The molecule has 4 nitrogen and oxygen atoms in total. The zero-order chi connectivity index (χ0) is 13.4. The molecule has 1 aromatic carbocycles. The van der Waals surface area contributed by atoms with Crippen LogP contribution >= 0.6 is 0 Å². The first-order valence-electron chi connectivity index (χ1n) is 5.74. The highest BCUT2D eigenvalue weighted by Gasteiger charge is 2.02. The van der Waals surface area contributed by atoms with E-state index in [1.165, 1.54) is 0 Å². The van der Waals surface area contributed by atoms with Gasteiger partial charge in [-0.1, -0.05) is 35.2 Å². The van der Waals surface area contributed by atoms with Gasteiger partial charge in [-0.15, -0.1) is 5.92 Å². The molecule has 0 atom stereocenters. The van der Waals surface area contributed by atoms with E-state index >= 15 is 0 Å². The maximum Gasteiger partial charge on any atom is 0.421 e. The molecule has 0 aliphatic rings. The van der Waals surface area contributed by atoms with Gasteiger partial charge < -0.3 is 4.74 Å². The van der Waals surface area contributed by atoms with Gasteiger partial charge in [0.25, 0.3) is 0 Å². The first kappa shape index (κ1) is 14.1. The van der Waals surface area contributed by atoms with Gasteiger partial charge in [0.05, 0.1) is 6.54 Å². The number of hydrazine groups is 1. The molecule has 2 N–H and O–H groups in total. The summed E-state index contributed by atoms with van der Waals surface area (Å²) in [7, 11) is 0. The zero-order valence-corrected chi connectivity index (χ0v) is 11.0. The minimum absolute atomic E-state index is 0.259. The summed E-state index contributed by atoms with van der Waals surface area (Å²) in [5.41, 5.74) is 8.35. The van der Waals surface area contributed by atoms with Gasteiger partial charge in [0.2, 0.25) is 0 Å². The molecule has 1 rings (SSSR count). The van der Waals surface area contributed by atoms with Crippen molar-refractivity contribution in [3.05, 3.63) is 34.9 Å². The molecule has 18 heavy (non-hydrogen) atoms. The Morgan fingerprint density at radius 2 is 1.94 bits per heavy atom. The molecule has 0 aliphatic carbocycles. The summed E-state index contributed by atoms with van der Waals surface area (Å²) in [5, 5.41) is 0. The van der Waals surface area contributed by atoms with Crippen LogP contribution in [0.5, 0.6) is 0 Å². The highest BCUT2D eigenvalue weighted by atomic mass is 16.6. The molecule has 0 spiro atoms. The lowest BCUT2D eigenvalue weighted by Crippen LogP contribution is -2.37. The number of rotatable bonds is 4. The molecule has 0 aromatic heterocycles. The maximum atomic E-state index is 11.3. The first-order chi connectivity index (χ1) is 8.61. The predicted octanol–water partition coefficient (Wildman–Crippen LogP) is 2.06. The topological polar surface area (TPSA) is 50.4 Å². The Morgan fingerprint density at radius 3 is 2.56 bits per heavy atom. The molecule has 0 fully saturated rings. The molecule has 0 bridgehead atoms. The van der Waals surface area contributed by atoms with Crippen LogP contribution in [-0.4, -0.2) is 12.6 Å². The van der Waals surface area contributed by atoms with Crippen molar-refractivity contribution in [2.75, 3.05) is 6.54 Å². The monoisotopic (exact) mass is 246 g/mol. The Bertz CT molecular complexity index is 452. The van der Waals surface area contributed by atoms with Crippen molar-refractivity contribution in [1.29, 1.82) is 0 Å². The molecule has 0 saturated heterocycles. The van der Waals surface area contributed by atoms with Gasteiger partial charge in [-0.25, -0.2) is 10.2 Å². The summed E-state index contributed by atoms with van der Waals surface area (Å²) in [6.45, 7) is 6.42. The van der Waals surface area contributed by atoms with Gasteiger partial charge in [-0.05, 0) is 26.3 Å². The average Bonchev–Trinajstić information content (AvgIpc) is 2.31. The van der Waals surface area contributed by atoms with Crippen LogP contribution in [0.1, 0.15) is 23.6 Å². The lowest BCUT2D eigenvalue weighted by Gasteiger charge is -2.08. The zero-order valence-electron chi connectivity index (χ0n) is 11.0. The van der Waals surface area contributed by atoms with E-state index in [2.05, 4.69) is 28.8 Å². The third kappa shape index (κ3) is 5.37. The van der Waals surface area contributed by atoms with Gasteiger partial charge in [-0.3, -0.25) is 5.43 Å². The Kier molecular flexibility index (Phi) is 5.75. The smallest absolute Gasteiger partial charge is 0.421 e. The highest BCUT2D eigenvalue weighted by molar-refractivity contribution is 5.66. The number of aryl methyl sites for hydroxylation is 2. The number of ether oxygens (including phenoxy) is 1. The van der Waals surface area contributed by atoms with Crippen molar-refractivity contribution >= 4 is 6.09 Å². The molecule has 0 unspecified atom stereocenters. The highest BCUT2D eigenvalue weighted by Crippen LogP contribution is 2.09. The second kappa shape index (κ2) is 7.36. The van der Waals surface area contributed by atoms with Crippen LogP contribution in [0.4, 0.5) is 4.79 Å². The van der Waals surface area contributed by atoms with Crippen LogP contribution < -0.4 is 10.9 Å². The third-order valence-corrected chi connectivity index (χ3v) is 2.20. The van der Waals surface area contributed by atoms with Crippen LogP contribution in [0, 0.1) is 25.7 Å². The molecule has 4 heteroatoms. The summed E-state index contributed by atoms with van der Waals surface area (Å²) in [6, 6.07) is 6.07. The number of nitrogens with one attached hydrogen (secondary N) is 2. The number of amides is 1. The summed E-state index contributed by atoms with van der Waals surface area (Å²) in [5.74, 6) is 5.47. The van der Waals surface area contributed by atoms with E-state index in [-0.39, 0.29) is 6.61 Å². The van der Waals surface area contributed by atoms with E-state index in [0.717, 1.165) is 16.7 Å². The van der Waals surface area contributed by atoms with Crippen molar-refractivity contribution in [3.8, 4) is 11.8 Å². The van der Waals surface area contributed by atoms with Crippen LogP contribution in [-0.2, 0) is 11.3 Å². The summed E-state index contributed by atoms with van der Waals surface area (Å²) >= 11 is 0. The number of benzene rings is 1. The fourth-order valence-electron chi connectivity index (χ4n) is 1.59. The van der Waals surface area contributed by atoms with Crippen molar-refractivity contribution < 1.29 is 9.53 Å². The molecule has 0 heterocycles. The second-order valence-corrected chi connectivity index (χ2v) is 3.98. The molecule has 1 amide bonds. The Morgan fingerprint density at radius 1 is 1.28 bits per heavy atom. The lowest BCUT2D eigenvalue weighted by molar-refractivity contribution is 0.135. The Balaban J connectivity index is 2.34. The second-order valence-electron chi connectivity index (χ2n) is 3.98.